The van der Waals surface area contributed by atoms with E-state index in [1.165, 1.54) is 0 Å². The van der Waals surface area contributed by atoms with E-state index in [2.05, 4.69) is 10.1 Å². The molecule has 2 rings (SSSR count). The largest absolute Gasteiger partial charge is 0.465 e. The third-order valence-electron chi connectivity index (χ3n) is 3.73. The molecule has 2 N–H and O–H groups in total. The quantitative estimate of drug-likeness (QED) is 0.451. The van der Waals surface area contributed by atoms with Gasteiger partial charge < -0.3 is 15.2 Å². The molecule has 9 heteroatoms. The highest BCUT2D eigenvalue weighted by molar-refractivity contribution is 5.92. The fourth-order valence-corrected chi connectivity index (χ4v) is 2.54. The SMILES string of the molecule is COC(=O)c1cc(CNCCO)cc(-c2ccc(F)cc2C(F)(F)F)c1F. The van der Waals surface area contributed by atoms with Crippen LogP contribution in [0.25, 0.3) is 11.1 Å². The number of hydrogen-bond donors (Lipinski definition) is 2. The van der Waals surface area contributed by atoms with E-state index < -0.39 is 46.0 Å². The van der Waals surface area contributed by atoms with Crippen molar-refractivity contribution in [3.63, 3.8) is 0 Å². The highest BCUT2D eigenvalue weighted by Crippen LogP contribution is 2.39. The minimum atomic E-state index is -4.93. The molecule has 4 nitrogen and oxygen atoms in total. The highest BCUT2D eigenvalue weighted by atomic mass is 19.4. The molecule has 0 amide bonds. The van der Waals surface area contributed by atoms with Crippen LogP contribution >= 0.6 is 0 Å². The third kappa shape index (κ3) is 4.81. The van der Waals surface area contributed by atoms with Gasteiger partial charge in [-0.1, -0.05) is 6.07 Å². The number of alkyl halides is 3. The first-order valence-corrected chi connectivity index (χ1v) is 7.78. The molecule has 0 heterocycles. The Kier molecular flexibility index (Phi) is 6.50. The molecule has 2 aromatic carbocycles. The smallest absolute Gasteiger partial charge is 0.417 e. The van der Waals surface area contributed by atoms with Crippen LogP contribution in [0.15, 0.2) is 30.3 Å². The summed E-state index contributed by atoms with van der Waals surface area (Å²) in [6, 6.07) is 4.13. The van der Waals surface area contributed by atoms with Crippen LogP contribution in [0.2, 0.25) is 0 Å². The number of aliphatic hydroxyl groups excluding tert-OH is 1. The molecule has 0 unspecified atom stereocenters. The van der Waals surface area contributed by atoms with Gasteiger partial charge in [-0.3, -0.25) is 0 Å². The van der Waals surface area contributed by atoms with Crippen molar-refractivity contribution in [2.75, 3.05) is 20.3 Å². The number of carbonyl (C=O) groups is 1. The minimum absolute atomic E-state index is 0.0559. The summed E-state index contributed by atoms with van der Waals surface area (Å²) in [6.45, 7) is 0.0547. The van der Waals surface area contributed by atoms with E-state index in [0.29, 0.717) is 0 Å². The molecule has 2 aromatic rings. The van der Waals surface area contributed by atoms with Crippen molar-refractivity contribution < 1.29 is 36.6 Å². The standard InChI is InChI=1S/C18H16F5NO3/c1-27-17(26)14-7-10(9-24-4-5-25)6-13(16(14)20)12-3-2-11(19)8-15(12)18(21,22)23/h2-3,6-8,24-25H,4-5,9H2,1H3. The Morgan fingerprint density at radius 3 is 2.44 bits per heavy atom. The van der Waals surface area contributed by atoms with E-state index in [0.717, 1.165) is 31.4 Å². The van der Waals surface area contributed by atoms with Gasteiger partial charge in [-0.15, -0.1) is 0 Å². The average molecular weight is 389 g/mol. The molecule has 0 fully saturated rings. The molecule has 146 valence electrons. The molecule has 0 aliphatic heterocycles. The number of esters is 1. The van der Waals surface area contributed by atoms with Crippen molar-refractivity contribution in [1.82, 2.24) is 5.32 Å². The summed E-state index contributed by atoms with van der Waals surface area (Å²) in [5.74, 6) is -3.39. The summed E-state index contributed by atoms with van der Waals surface area (Å²) >= 11 is 0. The maximum Gasteiger partial charge on any atom is 0.417 e. The Morgan fingerprint density at radius 1 is 1.15 bits per heavy atom. The zero-order valence-corrected chi connectivity index (χ0v) is 14.2. The van der Waals surface area contributed by atoms with Gasteiger partial charge in [-0.05, 0) is 35.4 Å². The van der Waals surface area contributed by atoms with Gasteiger partial charge in [0.25, 0.3) is 0 Å². The topological polar surface area (TPSA) is 58.6 Å². The van der Waals surface area contributed by atoms with E-state index >= 15 is 0 Å². The summed E-state index contributed by atoms with van der Waals surface area (Å²) in [4.78, 5) is 11.8. The van der Waals surface area contributed by atoms with Gasteiger partial charge >= 0.3 is 12.1 Å². The number of carbonyl (C=O) groups excluding carboxylic acids is 1. The Labute approximate surface area is 151 Å². The Morgan fingerprint density at radius 2 is 1.85 bits per heavy atom. The lowest BCUT2D eigenvalue weighted by molar-refractivity contribution is -0.137. The van der Waals surface area contributed by atoms with E-state index in [4.69, 9.17) is 5.11 Å². The molecular formula is C18H16F5NO3. The van der Waals surface area contributed by atoms with E-state index in [-0.39, 0.29) is 31.3 Å². The summed E-state index contributed by atoms with van der Waals surface area (Å²) in [5.41, 5.74) is -2.73. The molecule has 0 aromatic heterocycles. The number of hydrogen-bond acceptors (Lipinski definition) is 4. The number of nitrogens with one attached hydrogen (secondary N) is 1. The molecular weight excluding hydrogens is 373 g/mol. The summed E-state index contributed by atoms with van der Waals surface area (Å²) in [5, 5.41) is 11.6. The van der Waals surface area contributed by atoms with Gasteiger partial charge in [-0.2, -0.15) is 13.2 Å². The van der Waals surface area contributed by atoms with Gasteiger partial charge in [0.1, 0.15) is 11.6 Å². The number of rotatable bonds is 6. The van der Waals surface area contributed by atoms with Gasteiger partial charge in [0.2, 0.25) is 0 Å². The van der Waals surface area contributed by atoms with Crippen molar-refractivity contribution in [2.45, 2.75) is 12.7 Å². The second-order valence-electron chi connectivity index (χ2n) is 5.58. The van der Waals surface area contributed by atoms with Crippen molar-refractivity contribution in [1.29, 1.82) is 0 Å². The van der Waals surface area contributed by atoms with Gasteiger partial charge in [0.05, 0.1) is 24.8 Å². The fourth-order valence-electron chi connectivity index (χ4n) is 2.54. The van der Waals surface area contributed by atoms with E-state index in [9.17, 15) is 26.7 Å². The zero-order chi connectivity index (χ0) is 20.2. The summed E-state index contributed by atoms with van der Waals surface area (Å²) in [7, 11) is 1.01. The average Bonchev–Trinajstić information content (AvgIpc) is 2.61. The maximum atomic E-state index is 14.8. The first-order valence-electron chi connectivity index (χ1n) is 7.78. The second-order valence-corrected chi connectivity index (χ2v) is 5.58. The molecule has 0 bridgehead atoms. The zero-order valence-electron chi connectivity index (χ0n) is 14.2. The lowest BCUT2D eigenvalue weighted by Crippen LogP contribution is -2.18. The first kappa shape index (κ1) is 20.8. The van der Waals surface area contributed by atoms with Crippen LogP contribution in [-0.4, -0.2) is 31.3 Å². The molecule has 0 spiro atoms. The highest BCUT2D eigenvalue weighted by Gasteiger charge is 2.35. The minimum Gasteiger partial charge on any atom is -0.465 e. The van der Waals surface area contributed by atoms with E-state index in [1.807, 2.05) is 0 Å². The second kappa shape index (κ2) is 8.45. The van der Waals surface area contributed by atoms with Crippen LogP contribution in [0.4, 0.5) is 22.0 Å². The molecule has 0 saturated heterocycles. The molecule has 0 aliphatic carbocycles. The number of aliphatic hydroxyl groups is 1. The van der Waals surface area contributed by atoms with Crippen molar-refractivity contribution in [3.05, 3.63) is 58.7 Å². The van der Waals surface area contributed by atoms with Crippen LogP contribution in [0.5, 0.6) is 0 Å². The van der Waals surface area contributed by atoms with Crippen molar-refractivity contribution >= 4 is 5.97 Å². The van der Waals surface area contributed by atoms with Gasteiger partial charge in [0.15, 0.2) is 0 Å². The Hall–Kier alpha value is -2.52. The van der Waals surface area contributed by atoms with Crippen LogP contribution < -0.4 is 5.32 Å². The first-order chi connectivity index (χ1) is 12.7. The monoisotopic (exact) mass is 389 g/mol. The number of benzene rings is 2. The predicted molar refractivity (Wildman–Crippen MR) is 86.9 cm³/mol. The lowest BCUT2D eigenvalue weighted by Gasteiger charge is -2.16. The third-order valence-corrected chi connectivity index (χ3v) is 3.73. The fraction of sp³-hybridized carbons (Fsp3) is 0.278. The lowest BCUT2D eigenvalue weighted by atomic mass is 9.94. The summed E-state index contributed by atoms with van der Waals surface area (Å²) < 4.78 is 72.5. The van der Waals surface area contributed by atoms with Crippen LogP contribution in [0.1, 0.15) is 21.5 Å². The Bertz CT molecular complexity index is 836. The molecule has 0 atom stereocenters. The van der Waals surface area contributed by atoms with Crippen LogP contribution in [0, 0.1) is 11.6 Å². The van der Waals surface area contributed by atoms with Crippen molar-refractivity contribution in [3.8, 4) is 11.1 Å². The summed E-state index contributed by atoms with van der Waals surface area (Å²) in [6.07, 6.45) is -4.93. The maximum absolute atomic E-state index is 14.8. The predicted octanol–water partition coefficient (Wildman–Crippen LogP) is 3.52. The van der Waals surface area contributed by atoms with Crippen LogP contribution in [-0.2, 0) is 17.5 Å². The normalized spacial score (nSPS) is 11.5. The molecule has 27 heavy (non-hydrogen) atoms. The molecule has 0 aliphatic rings. The van der Waals surface area contributed by atoms with Gasteiger partial charge in [0, 0.05) is 18.7 Å². The number of ether oxygens (including phenoxy) is 1. The van der Waals surface area contributed by atoms with Gasteiger partial charge in [-0.25, -0.2) is 13.6 Å². The number of halogens is 5. The Balaban J connectivity index is 2.68. The van der Waals surface area contributed by atoms with Crippen molar-refractivity contribution in [2.24, 2.45) is 0 Å². The number of methoxy groups -OCH3 is 1. The molecule has 0 radical (unpaired) electrons. The van der Waals surface area contributed by atoms with Crippen LogP contribution in [0.3, 0.4) is 0 Å². The molecule has 0 saturated carbocycles. The van der Waals surface area contributed by atoms with E-state index in [1.54, 1.807) is 0 Å².